The first-order valence-corrected chi connectivity index (χ1v) is 7.18. The summed E-state index contributed by atoms with van der Waals surface area (Å²) in [6, 6.07) is 0. The summed E-state index contributed by atoms with van der Waals surface area (Å²) in [7, 11) is 0. The first-order chi connectivity index (χ1) is 7.61. The summed E-state index contributed by atoms with van der Waals surface area (Å²) >= 11 is 1.80. The van der Waals surface area contributed by atoms with E-state index in [9.17, 15) is 9.90 Å². The Bertz CT molecular complexity index is 263. The molecule has 4 heteroatoms. The summed E-state index contributed by atoms with van der Waals surface area (Å²) in [6.07, 6.45) is 6.60. The van der Waals surface area contributed by atoms with Gasteiger partial charge in [-0.15, -0.1) is 0 Å². The molecule has 3 nitrogen and oxygen atoms in total. The maximum atomic E-state index is 10.7. The first kappa shape index (κ1) is 12.2. The highest BCUT2D eigenvalue weighted by Gasteiger charge is 2.45. The van der Waals surface area contributed by atoms with Gasteiger partial charge in [0.05, 0.1) is 12.5 Å². The van der Waals surface area contributed by atoms with Crippen LogP contribution in [-0.4, -0.2) is 33.3 Å². The van der Waals surface area contributed by atoms with Crippen LogP contribution in [0.25, 0.3) is 0 Å². The number of aliphatic carboxylic acids is 1. The summed E-state index contributed by atoms with van der Waals surface area (Å²) in [5.74, 6) is 0.239. The fourth-order valence-corrected chi connectivity index (χ4v) is 4.08. The normalized spacial score (nSPS) is 32.3. The van der Waals surface area contributed by atoms with Crippen LogP contribution in [-0.2, 0) is 4.79 Å². The molecule has 0 bridgehead atoms. The van der Waals surface area contributed by atoms with E-state index >= 15 is 0 Å². The molecule has 2 aliphatic rings. The van der Waals surface area contributed by atoms with Gasteiger partial charge < -0.3 is 10.2 Å². The van der Waals surface area contributed by atoms with Gasteiger partial charge in [0.2, 0.25) is 0 Å². The van der Waals surface area contributed by atoms with Gasteiger partial charge in [0, 0.05) is 5.25 Å². The van der Waals surface area contributed by atoms with Crippen molar-refractivity contribution in [2.45, 2.75) is 56.3 Å². The molecule has 2 rings (SSSR count). The third kappa shape index (κ3) is 3.14. The van der Waals surface area contributed by atoms with Crippen molar-refractivity contribution >= 4 is 17.7 Å². The summed E-state index contributed by atoms with van der Waals surface area (Å²) in [5.41, 5.74) is 0.0632. The van der Waals surface area contributed by atoms with E-state index in [4.69, 9.17) is 5.11 Å². The van der Waals surface area contributed by atoms with Crippen LogP contribution in [0.1, 0.15) is 44.9 Å². The minimum atomic E-state index is -0.678. The lowest BCUT2D eigenvalue weighted by molar-refractivity contribution is -0.138. The number of hydrogen-bond donors (Lipinski definition) is 2. The Hall–Kier alpha value is -0.220. The lowest BCUT2D eigenvalue weighted by Gasteiger charge is -2.28. The average Bonchev–Trinajstić information content (AvgIpc) is 2.96. The van der Waals surface area contributed by atoms with E-state index in [2.05, 4.69) is 0 Å². The van der Waals surface area contributed by atoms with Crippen molar-refractivity contribution in [3.8, 4) is 0 Å². The van der Waals surface area contributed by atoms with Crippen LogP contribution < -0.4 is 0 Å². The van der Waals surface area contributed by atoms with Gasteiger partial charge in [-0.25, -0.2) is 0 Å². The molecule has 0 aromatic carbocycles. The highest BCUT2D eigenvalue weighted by Crippen LogP contribution is 2.52. The lowest BCUT2D eigenvalue weighted by Crippen LogP contribution is -2.28. The molecule has 92 valence electrons. The lowest BCUT2D eigenvalue weighted by atomic mass is 9.97. The number of aliphatic hydroxyl groups excluding tert-OH is 1. The quantitative estimate of drug-likeness (QED) is 0.779. The standard InChI is InChI=1S/C12H20O3S/c13-9-3-1-2-4-10(9)16-8-12(5-6-12)7-11(14)15/h9-10,13H,1-8H2,(H,14,15). The Morgan fingerprint density at radius 2 is 2.00 bits per heavy atom. The molecular weight excluding hydrogens is 224 g/mol. The Morgan fingerprint density at radius 1 is 1.31 bits per heavy atom. The number of carboxylic acid groups (broad SMARTS) is 1. The molecule has 2 atom stereocenters. The molecule has 0 aromatic heterocycles. The molecule has 0 amide bonds. The zero-order chi connectivity index (χ0) is 11.6. The van der Waals surface area contributed by atoms with Crippen LogP contribution in [0.4, 0.5) is 0 Å². The van der Waals surface area contributed by atoms with Gasteiger partial charge in [0.1, 0.15) is 0 Å². The zero-order valence-corrected chi connectivity index (χ0v) is 10.3. The van der Waals surface area contributed by atoms with Crippen LogP contribution in [0.3, 0.4) is 0 Å². The molecule has 16 heavy (non-hydrogen) atoms. The molecule has 0 aliphatic heterocycles. The van der Waals surface area contributed by atoms with Gasteiger partial charge in [-0.2, -0.15) is 11.8 Å². The first-order valence-electron chi connectivity index (χ1n) is 6.13. The fourth-order valence-electron chi connectivity index (χ4n) is 2.43. The van der Waals surface area contributed by atoms with E-state index in [0.717, 1.165) is 37.9 Å². The van der Waals surface area contributed by atoms with Crippen LogP contribution >= 0.6 is 11.8 Å². The molecule has 0 radical (unpaired) electrons. The third-order valence-electron chi connectivity index (χ3n) is 3.75. The van der Waals surface area contributed by atoms with Crippen molar-refractivity contribution in [2.75, 3.05) is 5.75 Å². The van der Waals surface area contributed by atoms with Gasteiger partial charge >= 0.3 is 5.97 Å². The van der Waals surface area contributed by atoms with Gasteiger partial charge in [0.25, 0.3) is 0 Å². The van der Waals surface area contributed by atoms with Crippen molar-refractivity contribution in [1.82, 2.24) is 0 Å². The van der Waals surface area contributed by atoms with Crippen LogP contribution in [0, 0.1) is 5.41 Å². The smallest absolute Gasteiger partial charge is 0.303 e. The minimum Gasteiger partial charge on any atom is -0.481 e. The largest absolute Gasteiger partial charge is 0.481 e. The minimum absolute atomic E-state index is 0.0632. The second-order valence-electron chi connectivity index (χ2n) is 5.27. The molecular formula is C12H20O3S. The van der Waals surface area contributed by atoms with Gasteiger partial charge in [0.15, 0.2) is 0 Å². The summed E-state index contributed by atoms with van der Waals surface area (Å²) in [6.45, 7) is 0. The summed E-state index contributed by atoms with van der Waals surface area (Å²) in [5, 5.41) is 19.0. The van der Waals surface area contributed by atoms with Gasteiger partial charge in [-0.1, -0.05) is 12.8 Å². The van der Waals surface area contributed by atoms with Crippen molar-refractivity contribution in [3.63, 3.8) is 0 Å². The average molecular weight is 244 g/mol. The molecule has 0 saturated heterocycles. The molecule has 2 fully saturated rings. The second-order valence-corrected chi connectivity index (χ2v) is 6.50. The van der Waals surface area contributed by atoms with Crippen molar-refractivity contribution in [2.24, 2.45) is 5.41 Å². The number of carboxylic acids is 1. The van der Waals surface area contributed by atoms with Crippen molar-refractivity contribution in [3.05, 3.63) is 0 Å². The summed E-state index contributed by atoms with van der Waals surface area (Å²) < 4.78 is 0. The number of rotatable bonds is 5. The second kappa shape index (κ2) is 4.96. The monoisotopic (exact) mass is 244 g/mol. The Balaban J connectivity index is 1.76. The SMILES string of the molecule is O=C(O)CC1(CSC2CCCCC2O)CC1. The molecule has 0 heterocycles. The van der Waals surface area contributed by atoms with Crippen molar-refractivity contribution in [1.29, 1.82) is 0 Å². The Kier molecular flexibility index (Phi) is 3.80. The molecule has 2 unspecified atom stereocenters. The number of hydrogen-bond acceptors (Lipinski definition) is 3. The van der Waals surface area contributed by atoms with Gasteiger partial charge in [-0.05, 0) is 36.9 Å². The highest BCUT2D eigenvalue weighted by molar-refractivity contribution is 8.00. The van der Waals surface area contributed by atoms with E-state index in [1.54, 1.807) is 11.8 Å². The molecule has 2 saturated carbocycles. The maximum Gasteiger partial charge on any atom is 0.303 e. The molecule has 2 aliphatic carbocycles. The van der Waals surface area contributed by atoms with E-state index in [1.807, 2.05) is 0 Å². The third-order valence-corrected chi connectivity index (χ3v) is 5.51. The number of aliphatic hydroxyl groups is 1. The molecule has 0 aromatic rings. The van der Waals surface area contributed by atoms with Crippen LogP contribution in [0.15, 0.2) is 0 Å². The van der Waals surface area contributed by atoms with E-state index in [-0.39, 0.29) is 11.5 Å². The molecule has 0 spiro atoms. The Labute approximate surface area is 101 Å². The van der Waals surface area contributed by atoms with Crippen LogP contribution in [0.2, 0.25) is 0 Å². The predicted octanol–water partition coefficient (Wildman–Crippen LogP) is 2.28. The maximum absolute atomic E-state index is 10.7. The zero-order valence-electron chi connectivity index (χ0n) is 9.52. The van der Waals surface area contributed by atoms with E-state index in [1.165, 1.54) is 6.42 Å². The van der Waals surface area contributed by atoms with Crippen LogP contribution in [0.5, 0.6) is 0 Å². The number of thioether (sulfide) groups is 1. The topological polar surface area (TPSA) is 57.5 Å². The fraction of sp³-hybridized carbons (Fsp3) is 0.917. The number of carbonyl (C=O) groups is 1. The molecule has 2 N–H and O–H groups in total. The van der Waals surface area contributed by atoms with E-state index < -0.39 is 5.97 Å². The van der Waals surface area contributed by atoms with E-state index in [0.29, 0.717) is 11.7 Å². The summed E-state index contributed by atoms with van der Waals surface area (Å²) in [4.78, 5) is 10.7. The van der Waals surface area contributed by atoms with Crippen molar-refractivity contribution < 1.29 is 15.0 Å². The Morgan fingerprint density at radius 3 is 2.56 bits per heavy atom. The highest BCUT2D eigenvalue weighted by atomic mass is 32.2. The van der Waals surface area contributed by atoms with Gasteiger partial charge in [-0.3, -0.25) is 4.79 Å². The predicted molar refractivity (Wildman–Crippen MR) is 64.6 cm³/mol.